The summed E-state index contributed by atoms with van der Waals surface area (Å²) in [7, 11) is 1.89. The van der Waals surface area contributed by atoms with Gasteiger partial charge in [0.2, 0.25) is 0 Å². The zero-order valence-electron chi connectivity index (χ0n) is 13.4. The van der Waals surface area contributed by atoms with Gasteiger partial charge in [-0.1, -0.05) is 30.3 Å². The van der Waals surface area contributed by atoms with Gasteiger partial charge in [-0.3, -0.25) is 9.59 Å². The second-order valence-corrected chi connectivity index (χ2v) is 6.52. The van der Waals surface area contributed by atoms with E-state index in [0.29, 0.717) is 9.75 Å². The van der Waals surface area contributed by atoms with Gasteiger partial charge in [-0.15, -0.1) is 11.3 Å². The highest BCUT2D eigenvalue weighted by molar-refractivity contribution is 7.15. The minimum atomic E-state index is -0.360. The van der Waals surface area contributed by atoms with E-state index in [9.17, 15) is 9.59 Å². The van der Waals surface area contributed by atoms with Crippen molar-refractivity contribution in [3.8, 4) is 0 Å². The summed E-state index contributed by atoms with van der Waals surface area (Å²) in [6.07, 6.45) is 3.55. The first kappa shape index (κ1) is 16.1. The first-order valence-electron chi connectivity index (χ1n) is 7.50. The largest absolute Gasteiger partial charge is 0.337 e. The summed E-state index contributed by atoms with van der Waals surface area (Å²) in [4.78, 5) is 29.5. The maximum atomic E-state index is 12.6. The number of imidazole rings is 1. The second kappa shape index (κ2) is 6.80. The highest BCUT2D eigenvalue weighted by Crippen LogP contribution is 2.23. The fraction of sp³-hybridized carbons (Fsp3) is 0.167. The number of hydrogen-bond acceptors (Lipinski definition) is 4. The molecular formula is C18H17N3O2S. The van der Waals surface area contributed by atoms with Crippen LogP contribution in [0.25, 0.3) is 0 Å². The molecule has 0 saturated heterocycles. The molecule has 6 heteroatoms. The number of hydrogen-bond donors (Lipinski definition) is 1. The van der Waals surface area contributed by atoms with Crippen LogP contribution in [0.1, 0.15) is 43.7 Å². The van der Waals surface area contributed by atoms with Gasteiger partial charge in [0.15, 0.2) is 5.78 Å². The Labute approximate surface area is 144 Å². The SMILES string of the molecule is CC(=O)c1ccc(C(=O)N[C@@H](c2ccccc2)c2nccn2C)s1. The van der Waals surface area contributed by atoms with Crippen molar-refractivity contribution < 1.29 is 9.59 Å². The van der Waals surface area contributed by atoms with E-state index in [2.05, 4.69) is 10.3 Å². The van der Waals surface area contributed by atoms with Crippen LogP contribution in [0.4, 0.5) is 0 Å². The van der Waals surface area contributed by atoms with Crippen LogP contribution in [-0.2, 0) is 7.05 Å². The molecule has 0 radical (unpaired) electrons. The van der Waals surface area contributed by atoms with Gasteiger partial charge < -0.3 is 9.88 Å². The number of carbonyl (C=O) groups excluding carboxylic acids is 2. The molecule has 1 aromatic carbocycles. The predicted molar refractivity (Wildman–Crippen MR) is 93.3 cm³/mol. The second-order valence-electron chi connectivity index (χ2n) is 5.43. The van der Waals surface area contributed by atoms with Gasteiger partial charge in [0.25, 0.3) is 5.91 Å². The van der Waals surface area contributed by atoms with Crippen molar-refractivity contribution in [3.63, 3.8) is 0 Å². The first-order chi connectivity index (χ1) is 11.6. The maximum absolute atomic E-state index is 12.6. The zero-order valence-corrected chi connectivity index (χ0v) is 14.2. The normalized spacial score (nSPS) is 11.9. The molecule has 3 aromatic rings. The number of thiophene rings is 1. The quantitative estimate of drug-likeness (QED) is 0.726. The minimum absolute atomic E-state index is 0.0391. The summed E-state index contributed by atoms with van der Waals surface area (Å²) in [6, 6.07) is 12.7. The van der Waals surface area contributed by atoms with Gasteiger partial charge in [-0.2, -0.15) is 0 Å². The standard InChI is InChI=1S/C18H17N3O2S/c1-12(22)14-8-9-15(24-14)18(23)20-16(13-6-4-3-5-7-13)17-19-10-11-21(17)2/h3-11,16H,1-2H3,(H,20,23)/t16-/m0/s1. The number of nitrogens with zero attached hydrogens (tertiary/aromatic N) is 2. The third-order valence-electron chi connectivity index (χ3n) is 3.70. The van der Waals surface area contributed by atoms with Crippen molar-refractivity contribution in [1.29, 1.82) is 0 Å². The Morgan fingerprint density at radius 1 is 1.12 bits per heavy atom. The summed E-state index contributed by atoms with van der Waals surface area (Å²) >= 11 is 1.20. The van der Waals surface area contributed by atoms with Crippen LogP contribution in [0.2, 0.25) is 0 Å². The lowest BCUT2D eigenvalue weighted by molar-refractivity contribution is 0.0944. The molecule has 5 nitrogen and oxygen atoms in total. The summed E-state index contributed by atoms with van der Waals surface area (Å²) in [5.41, 5.74) is 0.948. The average molecular weight is 339 g/mol. The Bertz CT molecular complexity index is 867. The Morgan fingerprint density at radius 2 is 1.83 bits per heavy atom. The van der Waals surface area contributed by atoms with E-state index in [0.717, 1.165) is 11.4 Å². The summed E-state index contributed by atoms with van der Waals surface area (Å²) in [5.74, 6) is 0.491. The van der Waals surface area contributed by atoms with Crippen molar-refractivity contribution in [2.24, 2.45) is 7.05 Å². The van der Waals surface area contributed by atoms with Gasteiger partial charge in [0.05, 0.1) is 9.75 Å². The Hall–Kier alpha value is -2.73. The molecule has 24 heavy (non-hydrogen) atoms. The summed E-state index contributed by atoms with van der Waals surface area (Å²) < 4.78 is 1.88. The van der Waals surface area contributed by atoms with Crippen molar-refractivity contribution in [1.82, 2.24) is 14.9 Å². The summed E-state index contributed by atoms with van der Waals surface area (Å²) in [5, 5.41) is 3.02. The summed E-state index contributed by atoms with van der Waals surface area (Å²) in [6.45, 7) is 1.49. The lowest BCUT2D eigenvalue weighted by Gasteiger charge is -2.18. The smallest absolute Gasteiger partial charge is 0.262 e. The molecule has 122 valence electrons. The minimum Gasteiger partial charge on any atom is -0.337 e. The van der Waals surface area contributed by atoms with Crippen LogP contribution in [0, 0.1) is 0 Å². The van der Waals surface area contributed by atoms with Crippen LogP contribution in [0.15, 0.2) is 54.9 Å². The molecule has 0 bridgehead atoms. The average Bonchev–Trinajstić information content (AvgIpc) is 3.22. The van der Waals surface area contributed by atoms with Gasteiger partial charge in [0.1, 0.15) is 11.9 Å². The van der Waals surface area contributed by atoms with Crippen molar-refractivity contribution >= 4 is 23.0 Å². The molecule has 1 N–H and O–H groups in total. The molecule has 2 heterocycles. The predicted octanol–water partition coefficient (Wildman–Crippen LogP) is 3.20. The van der Waals surface area contributed by atoms with Crippen LogP contribution in [-0.4, -0.2) is 21.2 Å². The number of rotatable bonds is 5. The molecule has 0 spiro atoms. The van der Waals surface area contributed by atoms with E-state index in [1.54, 1.807) is 18.3 Å². The Kier molecular flexibility index (Phi) is 4.57. The highest BCUT2D eigenvalue weighted by Gasteiger charge is 2.22. The number of Topliss-reactive ketones (excluding diaryl/α,β-unsaturated/α-hetero) is 1. The van der Waals surface area contributed by atoms with Crippen LogP contribution in [0.5, 0.6) is 0 Å². The molecule has 0 saturated carbocycles. The number of ketones is 1. The lowest BCUT2D eigenvalue weighted by Crippen LogP contribution is -2.30. The molecule has 0 aliphatic heterocycles. The number of nitrogens with one attached hydrogen (secondary N) is 1. The monoisotopic (exact) mass is 339 g/mol. The topological polar surface area (TPSA) is 64.0 Å². The van der Waals surface area contributed by atoms with E-state index in [1.807, 2.05) is 48.1 Å². The van der Waals surface area contributed by atoms with Gasteiger partial charge in [0, 0.05) is 19.4 Å². The number of aryl methyl sites for hydroxylation is 1. The molecule has 0 aliphatic carbocycles. The lowest BCUT2D eigenvalue weighted by atomic mass is 10.1. The fourth-order valence-corrected chi connectivity index (χ4v) is 3.25. The van der Waals surface area contributed by atoms with E-state index in [1.165, 1.54) is 18.3 Å². The number of aromatic nitrogens is 2. The highest BCUT2D eigenvalue weighted by atomic mass is 32.1. The molecule has 0 fully saturated rings. The molecule has 0 aliphatic rings. The molecule has 2 aromatic heterocycles. The molecule has 1 atom stereocenters. The van der Waals surface area contributed by atoms with E-state index in [4.69, 9.17) is 0 Å². The Balaban J connectivity index is 1.90. The maximum Gasteiger partial charge on any atom is 0.262 e. The Morgan fingerprint density at radius 3 is 2.42 bits per heavy atom. The van der Waals surface area contributed by atoms with Gasteiger partial charge in [-0.25, -0.2) is 4.98 Å². The van der Waals surface area contributed by atoms with E-state index < -0.39 is 0 Å². The van der Waals surface area contributed by atoms with Crippen LogP contribution >= 0.6 is 11.3 Å². The first-order valence-corrected chi connectivity index (χ1v) is 8.31. The molecule has 0 unspecified atom stereocenters. The molecular weight excluding hydrogens is 322 g/mol. The van der Waals surface area contributed by atoms with E-state index >= 15 is 0 Å². The van der Waals surface area contributed by atoms with E-state index in [-0.39, 0.29) is 17.7 Å². The van der Waals surface area contributed by atoms with Crippen molar-refractivity contribution in [2.75, 3.05) is 0 Å². The van der Waals surface area contributed by atoms with Crippen LogP contribution in [0.3, 0.4) is 0 Å². The fourth-order valence-electron chi connectivity index (χ4n) is 2.45. The van der Waals surface area contributed by atoms with Crippen LogP contribution < -0.4 is 5.32 Å². The van der Waals surface area contributed by atoms with Gasteiger partial charge in [-0.05, 0) is 24.6 Å². The number of carbonyl (C=O) groups is 2. The molecule has 1 amide bonds. The third-order valence-corrected chi connectivity index (χ3v) is 4.89. The van der Waals surface area contributed by atoms with Crippen molar-refractivity contribution in [3.05, 3.63) is 76.0 Å². The molecule has 3 rings (SSSR count). The number of benzene rings is 1. The third kappa shape index (κ3) is 3.28. The number of amides is 1. The van der Waals surface area contributed by atoms with Gasteiger partial charge >= 0.3 is 0 Å². The van der Waals surface area contributed by atoms with Crippen molar-refractivity contribution in [2.45, 2.75) is 13.0 Å². The zero-order chi connectivity index (χ0) is 17.1.